The first-order valence-corrected chi connectivity index (χ1v) is 6.01. The molecule has 0 saturated heterocycles. The molecule has 0 bridgehead atoms. The Balaban J connectivity index is 1.92. The molecule has 1 fully saturated rings. The summed E-state index contributed by atoms with van der Waals surface area (Å²) in [6, 6.07) is 1.93. The Labute approximate surface area is 97.6 Å². The zero-order chi connectivity index (χ0) is 10.0. The van der Waals surface area contributed by atoms with Gasteiger partial charge < -0.3 is 4.74 Å². The average molecular weight is 274 g/mol. The molecule has 1 aliphatic carbocycles. The summed E-state index contributed by atoms with van der Waals surface area (Å²) in [5.74, 6) is 1.74. The van der Waals surface area contributed by atoms with Crippen LogP contribution in [0.25, 0.3) is 0 Å². The molecule has 1 aliphatic rings. The van der Waals surface area contributed by atoms with Gasteiger partial charge in [0.05, 0.1) is 12.8 Å². The fourth-order valence-electron chi connectivity index (χ4n) is 1.23. The van der Waals surface area contributed by atoms with Gasteiger partial charge in [-0.3, -0.25) is 4.98 Å². The first-order valence-electron chi connectivity index (χ1n) is 4.58. The Morgan fingerprint density at radius 2 is 2.29 bits per heavy atom. The van der Waals surface area contributed by atoms with Crippen molar-refractivity contribution in [3.05, 3.63) is 22.9 Å². The summed E-state index contributed by atoms with van der Waals surface area (Å²) in [6.45, 7) is 0.759. The van der Waals surface area contributed by atoms with Gasteiger partial charge in [0.1, 0.15) is 5.75 Å². The van der Waals surface area contributed by atoms with E-state index in [-0.39, 0.29) is 0 Å². The van der Waals surface area contributed by atoms with Crippen LogP contribution in [0, 0.1) is 5.41 Å². The van der Waals surface area contributed by atoms with Crippen LogP contribution in [0.3, 0.4) is 0 Å². The van der Waals surface area contributed by atoms with Crippen LogP contribution >= 0.6 is 28.6 Å². The predicted octanol–water partition coefficient (Wildman–Crippen LogP) is 2.93. The van der Waals surface area contributed by atoms with Gasteiger partial charge in [-0.1, -0.05) is 0 Å². The summed E-state index contributed by atoms with van der Waals surface area (Å²) in [5, 5.41) is 0. The summed E-state index contributed by atoms with van der Waals surface area (Å²) in [7, 11) is 0. The Morgan fingerprint density at radius 1 is 1.50 bits per heavy atom. The van der Waals surface area contributed by atoms with Gasteiger partial charge in [0.15, 0.2) is 0 Å². The lowest BCUT2D eigenvalue weighted by Gasteiger charge is -2.13. The molecular weight excluding hydrogens is 262 g/mol. The quantitative estimate of drug-likeness (QED) is 0.853. The summed E-state index contributed by atoms with van der Waals surface area (Å²) in [4.78, 5) is 4.04. The number of nitrogens with zero attached hydrogens (tertiary/aromatic N) is 1. The van der Waals surface area contributed by atoms with Crippen LogP contribution in [-0.4, -0.2) is 17.3 Å². The second kappa shape index (κ2) is 4.11. The molecule has 0 N–H and O–H groups in total. The summed E-state index contributed by atoms with van der Waals surface area (Å²) < 4.78 is 6.61. The molecule has 76 valence electrons. The van der Waals surface area contributed by atoms with E-state index in [1.165, 1.54) is 12.8 Å². The smallest absolute Gasteiger partial charge is 0.138 e. The second-order valence-electron chi connectivity index (χ2n) is 3.79. The minimum Gasteiger partial charge on any atom is -0.491 e. The van der Waals surface area contributed by atoms with Gasteiger partial charge in [0.2, 0.25) is 0 Å². The van der Waals surface area contributed by atoms with E-state index >= 15 is 0 Å². The summed E-state index contributed by atoms with van der Waals surface area (Å²) in [6.07, 6.45) is 5.95. The predicted molar refractivity (Wildman–Crippen MR) is 63.0 cm³/mol. The molecule has 2 rings (SSSR count). The van der Waals surface area contributed by atoms with Gasteiger partial charge in [0, 0.05) is 16.1 Å². The van der Waals surface area contributed by atoms with Crippen molar-refractivity contribution in [2.24, 2.45) is 5.41 Å². The van der Waals surface area contributed by atoms with E-state index in [2.05, 4.69) is 33.5 Å². The third kappa shape index (κ3) is 2.42. The minimum atomic E-state index is 0.339. The van der Waals surface area contributed by atoms with Crippen LogP contribution < -0.4 is 4.74 Å². The standard InChI is InChI=1S/C10H12BrNOS/c11-8-3-9(5-12-4-8)13-6-10(7-14)1-2-10/h3-5,14H,1-2,6-7H2. The van der Waals surface area contributed by atoms with Gasteiger partial charge in [-0.25, -0.2) is 0 Å². The van der Waals surface area contributed by atoms with Crippen molar-refractivity contribution >= 4 is 28.6 Å². The largest absolute Gasteiger partial charge is 0.491 e. The van der Waals surface area contributed by atoms with Crippen molar-refractivity contribution < 1.29 is 4.74 Å². The van der Waals surface area contributed by atoms with Gasteiger partial charge >= 0.3 is 0 Å². The van der Waals surface area contributed by atoms with Crippen LogP contribution in [0.2, 0.25) is 0 Å². The lowest BCUT2D eigenvalue weighted by Crippen LogP contribution is -2.14. The topological polar surface area (TPSA) is 22.1 Å². The number of pyridine rings is 1. The number of halogens is 1. The molecule has 1 aromatic heterocycles. The van der Waals surface area contributed by atoms with Gasteiger partial charge in [-0.2, -0.15) is 12.6 Å². The third-order valence-electron chi connectivity index (χ3n) is 2.52. The monoisotopic (exact) mass is 273 g/mol. The molecule has 2 nitrogen and oxygen atoms in total. The Bertz CT molecular complexity index is 328. The average Bonchev–Trinajstić information content (AvgIpc) is 2.96. The van der Waals surface area contributed by atoms with Crippen LogP contribution in [-0.2, 0) is 0 Å². The molecule has 0 aliphatic heterocycles. The molecule has 1 saturated carbocycles. The second-order valence-corrected chi connectivity index (χ2v) is 5.02. The maximum atomic E-state index is 5.66. The molecule has 4 heteroatoms. The van der Waals surface area contributed by atoms with Gasteiger partial charge in [0.25, 0.3) is 0 Å². The zero-order valence-corrected chi connectivity index (χ0v) is 10.2. The van der Waals surface area contributed by atoms with Gasteiger partial charge in [-0.05, 0) is 40.6 Å². The maximum absolute atomic E-state index is 5.66. The fourth-order valence-corrected chi connectivity index (χ4v) is 1.98. The van der Waals surface area contributed by atoms with Gasteiger partial charge in [-0.15, -0.1) is 0 Å². The van der Waals surface area contributed by atoms with E-state index in [0.717, 1.165) is 22.6 Å². The lowest BCUT2D eigenvalue weighted by atomic mass is 10.2. The van der Waals surface area contributed by atoms with Crippen molar-refractivity contribution in [3.63, 3.8) is 0 Å². The fraction of sp³-hybridized carbons (Fsp3) is 0.500. The first kappa shape index (κ1) is 10.3. The number of hydrogen-bond donors (Lipinski definition) is 1. The Kier molecular flexibility index (Phi) is 3.02. The van der Waals surface area contributed by atoms with E-state index in [4.69, 9.17) is 4.74 Å². The van der Waals surface area contributed by atoms with Crippen molar-refractivity contribution in [3.8, 4) is 5.75 Å². The molecule has 14 heavy (non-hydrogen) atoms. The number of hydrogen-bond acceptors (Lipinski definition) is 3. The molecule has 0 spiro atoms. The number of aromatic nitrogens is 1. The van der Waals surface area contributed by atoms with Crippen LogP contribution in [0.15, 0.2) is 22.9 Å². The van der Waals surface area contributed by atoms with E-state index < -0.39 is 0 Å². The minimum absolute atomic E-state index is 0.339. The van der Waals surface area contributed by atoms with E-state index in [1.807, 2.05) is 6.07 Å². The van der Waals surface area contributed by atoms with Crippen LogP contribution in [0.1, 0.15) is 12.8 Å². The van der Waals surface area contributed by atoms with Crippen LogP contribution in [0.5, 0.6) is 5.75 Å². The van der Waals surface area contributed by atoms with Crippen molar-refractivity contribution in [2.45, 2.75) is 12.8 Å². The summed E-state index contributed by atoms with van der Waals surface area (Å²) in [5.41, 5.74) is 0.339. The van der Waals surface area contributed by atoms with Crippen molar-refractivity contribution in [1.29, 1.82) is 0 Å². The van der Waals surface area contributed by atoms with Crippen molar-refractivity contribution in [1.82, 2.24) is 4.98 Å². The highest BCUT2D eigenvalue weighted by atomic mass is 79.9. The molecule has 0 aromatic carbocycles. The lowest BCUT2D eigenvalue weighted by molar-refractivity contribution is 0.250. The first-order chi connectivity index (χ1) is 6.74. The highest BCUT2D eigenvalue weighted by molar-refractivity contribution is 9.10. The Morgan fingerprint density at radius 3 is 2.86 bits per heavy atom. The molecule has 0 atom stereocenters. The Hall–Kier alpha value is -0.220. The SMILES string of the molecule is SCC1(COc2cncc(Br)c2)CC1. The van der Waals surface area contributed by atoms with E-state index in [9.17, 15) is 0 Å². The third-order valence-corrected chi connectivity index (χ3v) is 3.62. The normalized spacial score (nSPS) is 17.9. The van der Waals surface area contributed by atoms with Crippen molar-refractivity contribution in [2.75, 3.05) is 12.4 Å². The summed E-state index contributed by atoms with van der Waals surface area (Å²) >= 11 is 7.68. The van der Waals surface area contributed by atoms with Crippen LogP contribution in [0.4, 0.5) is 0 Å². The molecule has 0 amide bonds. The highest BCUT2D eigenvalue weighted by Gasteiger charge is 2.42. The van der Waals surface area contributed by atoms with E-state index in [0.29, 0.717) is 5.41 Å². The van der Waals surface area contributed by atoms with E-state index in [1.54, 1.807) is 12.4 Å². The number of thiol groups is 1. The molecular formula is C10H12BrNOS. The molecule has 0 radical (unpaired) electrons. The number of rotatable bonds is 4. The number of ether oxygens (including phenoxy) is 1. The highest BCUT2D eigenvalue weighted by Crippen LogP contribution is 2.46. The molecule has 1 aromatic rings. The molecule has 1 heterocycles. The maximum Gasteiger partial charge on any atom is 0.138 e. The zero-order valence-electron chi connectivity index (χ0n) is 7.74. The molecule has 0 unspecified atom stereocenters.